The number of carbonyl (C=O) groups excluding carboxylic acids is 1. The minimum absolute atomic E-state index is 0.0763. The Morgan fingerprint density at radius 1 is 1.55 bits per heavy atom. The number of carbonyl (C=O) groups is 1. The second-order valence-corrected chi connectivity index (χ2v) is 5.26. The van der Waals surface area contributed by atoms with E-state index in [0.717, 1.165) is 19.4 Å². The lowest BCUT2D eigenvalue weighted by molar-refractivity contribution is -0.138. The molecule has 0 radical (unpaired) electrons. The predicted octanol–water partition coefficient (Wildman–Crippen LogP) is 1.79. The Kier molecular flexibility index (Phi) is 4.95. The molecule has 0 unspecified atom stereocenters. The largest absolute Gasteiger partial charge is 0.484 e. The summed E-state index contributed by atoms with van der Waals surface area (Å²) in [4.78, 5) is 14.0. The zero-order chi connectivity index (χ0) is 14.5. The van der Waals surface area contributed by atoms with Gasteiger partial charge in [-0.05, 0) is 30.9 Å². The van der Waals surface area contributed by atoms with Crippen LogP contribution in [0.15, 0.2) is 24.3 Å². The van der Waals surface area contributed by atoms with E-state index < -0.39 is 0 Å². The van der Waals surface area contributed by atoms with E-state index >= 15 is 0 Å². The van der Waals surface area contributed by atoms with Crippen molar-refractivity contribution in [1.82, 2.24) is 4.90 Å². The SMILES string of the molecule is C[C@H]1CCCN(C(=O)COc2cccc(F)c2)[C@H]1CN. The van der Waals surface area contributed by atoms with Gasteiger partial charge in [0.25, 0.3) is 5.91 Å². The summed E-state index contributed by atoms with van der Waals surface area (Å²) in [5.74, 6) is 0.317. The molecule has 0 bridgehead atoms. The van der Waals surface area contributed by atoms with Crippen LogP contribution in [0.4, 0.5) is 4.39 Å². The van der Waals surface area contributed by atoms with Crippen LogP contribution >= 0.6 is 0 Å². The smallest absolute Gasteiger partial charge is 0.260 e. The molecule has 5 heteroatoms. The number of ether oxygens (including phenoxy) is 1. The van der Waals surface area contributed by atoms with Crippen molar-refractivity contribution in [3.05, 3.63) is 30.1 Å². The van der Waals surface area contributed by atoms with Crippen LogP contribution in [0.25, 0.3) is 0 Å². The van der Waals surface area contributed by atoms with Gasteiger partial charge < -0.3 is 15.4 Å². The molecule has 1 fully saturated rings. The minimum atomic E-state index is -0.374. The van der Waals surface area contributed by atoms with Gasteiger partial charge in [-0.3, -0.25) is 4.79 Å². The average molecular weight is 280 g/mol. The van der Waals surface area contributed by atoms with Gasteiger partial charge in [0.1, 0.15) is 11.6 Å². The number of rotatable bonds is 4. The van der Waals surface area contributed by atoms with Gasteiger partial charge >= 0.3 is 0 Å². The summed E-state index contributed by atoms with van der Waals surface area (Å²) in [6.07, 6.45) is 2.08. The standard InChI is InChI=1S/C15H21FN2O2/c1-11-4-3-7-18(14(11)9-17)15(19)10-20-13-6-2-5-12(16)8-13/h2,5-6,8,11,14H,3-4,7,9-10,17H2,1H3/t11-,14-/m0/s1. The second-order valence-electron chi connectivity index (χ2n) is 5.26. The molecule has 1 aromatic carbocycles. The maximum atomic E-state index is 13.0. The normalized spacial score (nSPS) is 22.6. The second kappa shape index (κ2) is 6.70. The van der Waals surface area contributed by atoms with Gasteiger partial charge in [0, 0.05) is 25.2 Å². The molecule has 1 amide bonds. The van der Waals surface area contributed by atoms with Gasteiger partial charge in [0.05, 0.1) is 0 Å². The van der Waals surface area contributed by atoms with Crippen molar-refractivity contribution in [3.8, 4) is 5.75 Å². The first kappa shape index (κ1) is 14.8. The first-order valence-electron chi connectivity index (χ1n) is 6.99. The fraction of sp³-hybridized carbons (Fsp3) is 0.533. The van der Waals surface area contributed by atoms with E-state index in [1.807, 2.05) is 0 Å². The molecule has 20 heavy (non-hydrogen) atoms. The number of piperidine rings is 1. The van der Waals surface area contributed by atoms with Crippen LogP contribution < -0.4 is 10.5 Å². The number of nitrogens with two attached hydrogens (primary N) is 1. The zero-order valence-electron chi connectivity index (χ0n) is 11.7. The van der Waals surface area contributed by atoms with Crippen LogP contribution in [0.2, 0.25) is 0 Å². The highest BCUT2D eigenvalue weighted by atomic mass is 19.1. The van der Waals surface area contributed by atoms with Gasteiger partial charge in [-0.1, -0.05) is 13.0 Å². The van der Waals surface area contributed by atoms with Crippen LogP contribution in [-0.4, -0.2) is 36.5 Å². The Morgan fingerprint density at radius 3 is 3.05 bits per heavy atom. The fourth-order valence-corrected chi connectivity index (χ4v) is 2.70. The Morgan fingerprint density at radius 2 is 2.35 bits per heavy atom. The molecule has 0 saturated carbocycles. The highest BCUT2D eigenvalue weighted by Crippen LogP contribution is 2.23. The number of hydrogen-bond donors (Lipinski definition) is 1. The van der Waals surface area contributed by atoms with Gasteiger partial charge in [0.2, 0.25) is 0 Å². The van der Waals surface area contributed by atoms with Crippen molar-refractivity contribution in [2.75, 3.05) is 19.7 Å². The molecule has 0 aromatic heterocycles. The van der Waals surface area contributed by atoms with E-state index in [1.165, 1.54) is 12.1 Å². The Labute approximate surface area is 118 Å². The number of benzene rings is 1. The molecule has 4 nitrogen and oxygen atoms in total. The van der Waals surface area contributed by atoms with E-state index in [-0.39, 0.29) is 24.4 Å². The lowest BCUT2D eigenvalue weighted by Gasteiger charge is -2.39. The van der Waals surface area contributed by atoms with Crippen LogP contribution in [0, 0.1) is 11.7 Å². The lowest BCUT2D eigenvalue weighted by atomic mass is 9.91. The highest BCUT2D eigenvalue weighted by molar-refractivity contribution is 5.78. The number of amides is 1. The molecule has 110 valence electrons. The third-order valence-electron chi connectivity index (χ3n) is 3.84. The van der Waals surface area contributed by atoms with E-state index in [4.69, 9.17) is 10.5 Å². The third-order valence-corrected chi connectivity index (χ3v) is 3.84. The molecule has 2 rings (SSSR count). The summed E-state index contributed by atoms with van der Waals surface area (Å²) in [5, 5.41) is 0. The zero-order valence-corrected chi connectivity index (χ0v) is 11.7. The summed E-state index contributed by atoms with van der Waals surface area (Å²) in [5.41, 5.74) is 5.76. The van der Waals surface area contributed by atoms with E-state index in [1.54, 1.807) is 17.0 Å². The van der Waals surface area contributed by atoms with Gasteiger partial charge in [0.15, 0.2) is 6.61 Å². The van der Waals surface area contributed by atoms with Gasteiger partial charge in [-0.15, -0.1) is 0 Å². The summed E-state index contributed by atoms with van der Waals surface area (Å²) >= 11 is 0. The minimum Gasteiger partial charge on any atom is -0.484 e. The topological polar surface area (TPSA) is 55.6 Å². The summed E-state index contributed by atoms with van der Waals surface area (Å²) < 4.78 is 18.4. The van der Waals surface area contributed by atoms with Crippen molar-refractivity contribution in [2.45, 2.75) is 25.8 Å². The summed E-state index contributed by atoms with van der Waals surface area (Å²) in [6, 6.07) is 5.88. The Bertz CT molecular complexity index is 467. The molecule has 1 aromatic rings. The van der Waals surface area contributed by atoms with Crippen molar-refractivity contribution >= 4 is 5.91 Å². The molecule has 1 heterocycles. The molecule has 2 atom stereocenters. The molecule has 1 aliphatic heterocycles. The molecule has 2 N–H and O–H groups in total. The average Bonchev–Trinajstić information content (AvgIpc) is 2.44. The maximum Gasteiger partial charge on any atom is 0.260 e. The van der Waals surface area contributed by atoms with Gasteiger partial charge in [-0.2, -0.15) is 0 Å². The molecule has 1 aliphatic rings. The van der Waals surface area contributed by atoms with Crippen molar-refractivity contribution < 1.29 is 13.9 Å². The quantitative estimate of drug-likeness (QED) is 0.915. The van der Waals surface area contributed by atoms with Crippen LogP contribution in [0.3, 0.4) is 0 Å². The van der Waals surface area contributed by atoms with Crippen molar-refractivity contribution in [1.29, 1.82) is 0 Å². The Hall–Kier alpha value is -1.62. The molecule has 1 saturated heterocycles. The number of hydrogen-bond acceptors (Lipinski definition) is 3. The molecule has 0 spiro atoms. The van der Waals surface area contributed by atoms with Gasteiger partial charge in [-0.25, -0.2) is 4.39 Å². The number of nitrogens with zero attached hydrogens (tertiary/aromatic N) is 1. The first-order valence-corrected chi connectivity index (χ1v) is 6.99. The van der Waals surface area contributed by atoms with Crippen molar-refractivity contribution in [3.63, 3.8) is 0 Å². The third kappa shape index (κ3) is 3.48. The summed E-state index contributed by atoms with van der Waals surface area (Å²) in [7, 11) is 0. The lowest BCUT2D eigenvalue weighted by Crippen LogP contribution is -2.52. The monoisotopic (exact) mass is 280 g/mol. The van der Waals surface area contributed by atoms with Crippen LogP contribution in [0.5, 0.6) is 5.75 Å². The predicted molar refractivity (Wildman–Crippen MR) is 74.8 cm³/mol. The van der Waals surface area contributed by atoms with E-state index in [0.29, 0.717) is 18.2 Å². The van der Waals surface area contributed by atoms with E-state index in [2.05, 4.69) is 6.92 Å². The van der Waals surface area contributed by atoms with Crippen LogP contribution in [-0.2, 0) is 4.79 Å². The van der Waals surface area contributed by atoms with Crippen molar-refractivity contribution in [2.24, 2.45) is 11.7 Å². The molecular formula is C15H21FN2O2. The molecule has 0 aliphatic carbocycles. The fourth-order valence-electron chi connectivity index (χ4n) is 2.70. The maximum absolute atomic E-state index is 13.0. The van der Waals surface area contributed by atoms with E-state index in [9.17, 15) is 9.18 Å². The highest BCUT2D eigenvalue weighted by Gasteiger charge is 2.30. The first-order chi connectivity index (χ1) is 9.61. The summed E-state index contributed by atoms with van der Waals surface area (Å²) in [6.45, 7) is 3.22. The van der Waals surface area contributed by atoms with Crippen LogP contribution in [0.1, 0.15) is 19.8 Å². The molecular weight excluding hydrogens is 259 g/mol. The Balaban J connectivity index is 1.93. The number of likely N-dealkylation sites (tertiary alicyclic amines) is 1. The number of halogens is 1.